The van der Waals surface area contributed by atoms with Gasteiger partial charge >= 0.3 is 5.97 Å². The second-order valence-electron chi connectivity index (χ2n) is 6.90. The third-order valence-electron chi connectivity index (χ3n) is 4.91. The second-order valence-corrected chi connectivity index (χ2v) is 7.89. The summed E-state index contributed by atoms with van der Waals surface area (Å²) < 4.78 is 10.5. The zero-order valence-electron chi connectivity index (χ0n) is 17.1. The molecule has 2 heterocycles. The van der Waals surface area contributed by atoms with Gasteiger partial charge in [0.15, 0.2) is 0 Å². The van der Waals surface area contributed by atoms with E-state index < -0.39 is 5.97 Å². The predicted molar refractivity (Wildman–Crippen MR) is 122 cm³/mol. The lowest BCUT2D eigenvalue weighted by molar-refractivity contribution is 0.0533. The molecule has 0 spiro atoms. The van der Waals surface area contributed by atoms with Crippen LogP contribution in [0.4, 0.5) is 5.69 Å². The number of carbonyl (C=O) groups excluding carboxylic acids is 1. The number of fused-ring (bicyclic) bond motifs is 1. The highest BCUT2D eigenvalue weighted by Gasteiger charge is 2.22. The summed E-state index contributed by atoms with van der Waals surface area (Å²) in [5, 5.41) is 0.782. The first-order valence-electron chi connectivity index (χ1n) is 9.63. The summed E-state index contributed by atoms with van der Waals surface area (Å²) in [6, 6.07) is 18.0. The minimum Gasteiger partial charge on any atom is -0.497 e. The van der Waals surface area contributed by atoms with E-state index in [4.69, 9.17) is 20.2 Å². The zero-order valence-corrected chi connectivity index (χ0v) is 17.9. The number of benzene rings is 2. The molecule has 0 bridgehead atoms. The molecule has 4 aromatic rings. The van der Waals surface area contributed by atoms with Gasteiger partial charge in [0, 0.05) is 10.9 Å². The molecule has 4 rings (SSSR count). The van der Waals surface area contributed by atoms with Gasteiger partial charge in [0.25, 0.3) is 0 Å². The van der Waals surface area contributed by atoms with Crippen molar-refractivity contribution in [2.45, 2.75) is 13.8 Å². The van der Waals surface area contributed by atoms with Crippen LogP contribution in [0.1, 0.15) is 22.2 Å². The zero-order chi connectivity index (χ0) is 21.3. The minimum atomic E-state index is -0.418. The Morgan fingerprint density at radius 2 is 1.73 bits per heavy atom. The first-order valence-corrected chi connectivity index (χ1v) is 10.4. The Labute approximate surface area is 179 Å². The molecule has 6 heteroatoms. The molecule has 0 unspecified atom stereocenters. The summed E-state index contributed by atoms with van der Waals surface area (Å²) in [5.74, 6) is 0.363. The summed E-state index contributed by atoms with van der Waals surface area (Å²) in [7, 11) is 1.64. The highest BCUT2D eigenvalue weighted by Crippen LogP contribution is 2.41. The van der Waals surface area contributed by atoms with Crippen LogP contribution in [0.15, 0.2) is 54.6 Å². The summed E-state index contributed by atoms with van der Waals surface area (Å²) in [6.45, 7) is 4.12. The van der Waals surface area contributed by atoms with Gasteiger partial charge in [0.1, 0.15) is 15.5 Å². The lowest BCUT2D eigenvalue weighted by atomic mass is 9.98. The number of hydrogen-bond acceptors (Lipinski definition) is 6. The van der Waals surface area contributed by atoms with E-state index in [1.807, 2.05) is 37.3 Å². The molecule has 0 aliphatic carbocycles. The number of aryl methyl sites for hydroxylation is 1. The average molecular weight is 419 g/mol. The lowest BCUT2D eigenvalue weighted by Gasteiger charge is -2.10. The maximum absolute atomic E-state index is 12.4. The number of esters is 1. The highest BCUT2D eigenvalue weighted by atomic mass is 32.1. The minimum absolute atomic E-state index is 0.294. The number of aromatic nitrogens is 1. The van der Waals surface area contributed by atoms with Crippen LogP contribution in [0.5, 0.6) is 5.75 Å². The third kappa shape index (κ3) is 3.62. The first-order chi connectivity index (χ1) is 14.5. The van der Waals surface area contributed by atoms with Gasteiger partial charge in [0.05, 0.1) is 25.1 Å². The average Bonchev–Trinajstić information content (AvgIpc) is 3.10. The van der Waals surface area contributed by atoms with E-state index in [2.05, 4.69) is 24.3 Å². The molecule has 0 aliphatic heterocycles. The van der Waals surface area contributed by atoms with Crippen molar-refractivity contribution < 1.29 is 14.3 Å². The van der Waals surface area contributed by atoms with E-state index in [1.54, 1.807) is 14.0 Å². The number of nitrogens with two attached hydrogens (primary N) is 1. The van der Waals surface area contributed by atoms with Crippen molar-refractivity contribution >= 4 is 33.2 Å². The number of carbonyl (C=O) groups is 1. The van der Waals surface area contributed by atoms with E-state index in [1.165, 1.54) is 16.9 Å². The summed E-state index contributed by atoms with van der Waals surface area (Å²) in [4.78, 5) is 18.3. The largest absolute Gasteiger partial charge is 0.497 e. The SMILES string of the molecule is CCOC(=O)c1sc2nc(-c3ccc(OC)cc3)cc(-c3ccc(C)cc3)c2c1N. The number of nitrogens with zero attached hydrogens (tertiary/aromatic N) is 1. The topological polar surface area (TPSA) is 74.4 Å². The second kappa shape index (κ2) is 8.16. The normalized spacial score (nSPS) is 10.9. The standard InChI is InChI=1S/C24H22N2O3S/c1-4-29-24(27)22-21(25)20-18(15-7-5-14(2)6-8-15)13-19(26-23(20)30-22)16-9-11-17(28-3)12-10-16/h5-13H,4,25H2,1-3H3. The van der Waals surface area contributed by atoms with Crippen molar-refractivity contribution in [3.63, 3.8) is 0 Å². The fourth-order valence-corrected chi connectivity index (χ4v) is 4.35. The molecule has 152 valence electrons. The van der Waals surface area contributed by atoms with E-state index in [0.29, 0.717) is 22.0 Å². The Bertz CT molecular complexity index is 1210. The van der Waals surface area contributed by atoms with Gasteiger partial charge in [-0.1, -0.05) is 29.8 Å². The van der Waals surface area contributed by atoms with Crippen LogP contribution in [0, 0.1) is 6.92 Å². The van der Waals surface area contributed by atoms with Crippen molar-refractivity contribution in [1.82, 2.24) is 4.98 Å². The van der Waals surface area contributed by atoms with Crippen molar-refractivity contribution in [2.24, 2.45) is 0 Å². The maximum Gasteiger partial charge on any atom is 0.350 e. The summed E-state index contributed by atoms with van der Waals surface area (Å²) in [5.41, 5.74) is 11.7. The van der Waals surface area contributed by atoms with Crippen LogP contribution < -0.4 is 10.5 Å². The van der Waals surface area contributed by atoms with Gasteiger partial charge in [-0.05, 0) is 55.3 Å². The highest BCUT2D eigenvalue weighted by molar-refractivity contribution is 7.21. The fourth-order valence-electron chi connectivity index (χ4n) is 3.34. The van der Waals surface area contributed by atoms with E-state index in [-0.39, 0.29) is 0 Å². The molecular formula is C24H22N2O3S. The molecule has 0 atom stereocenters. The molecule has 0 amide bonds. The number of methoxy groups -OCH3 is 1. The van der Waals surface area contributed by atoms with Gasteiger partial charge in [-0.15, -0.1) is 11.3 Å². The van der Waals surface area contributed by atoms with Crippen LogP contribution in [0.2, 0.25) is 0 Å². The van der Waals surface area contributed by atoms with E-state index in [9.17, 15) is 4.79 Å². The van der Waals surface area contributed by atoms with Gasteiger partial charge in [-0.25, -0.2) is 9.78 Å². The van der Waals surface area contributed by atoms with E-state index >= 15 is 0 Å². The van der Waals surface area contributed by atoms with Crippen molar-refractivity contribution in [3.8, 4) is 28.1 Å². The summed E-state index contributed by atoms with van der Waals surface area (Å²) in [6.07, 6.45) is 0. The lowest BCUT2D eigenvalue weighted by Crippen LogP contribution is -2.04. The van der Waals surface area contributed by atoms with Crippen LogP contribution >= 0.6 is 11.3 Å². The Balaban J connectivity index is 1.96. The van der Waals surface area contributed by atoms with Crippen LogP contribution in [0.3, 0.4) is 0 Å². The molecule has 2 N–H and O–H groups in total. The monoisotopic (exact) mass is 418 g/mol. The molecule has 0 fully saturated rings. The van der Waals surface area contributed by atoms with Crippen LogP contribution in [-0.4, -0.2) is 24.7 Å². The molecule has 0 aliphatic rings. The van der Waals surface area contributed by atoms with Gasteiger partial charge < -0.3 is 15.2 Å². The molecule has 2 aromatic carbocycles. The molecule has 0 radical (unpaired) electrons. The number of rotatable bonds is 5. The Kier molecular flexibility index (Phi) is 5.42. The van der Waals surface area contributed by atoms with Gasteiger partial charge in [0.2, 0.25) is 0 Å². The maximum atomic E-state index is 12.4. The molecule has 30 heavy (non-hydrogen) atoms. The molecule has 2 aromatic heterocycles. The Morgan fingerprint density at radius 1 is 1.07 bits per heavy atom. The van der Waals surface area contributed by atoms with Crippen molar-refractivity contribution in [2.75, 3.05) is 19.5 Å². The molecule has 5 nitrogen and oxygen atoms in total. The van der Waals surface area contributed by atoms with Crippen molar-refractivity contribution in [3.05, 3.63) is 65.0 Å². The number of ether oxygens (including phenoxy) is 2. The molecule has 0 saturated carbocycles. The Hall–Kier alpha value is -3.38. The predicted octanol–water partition coefficient (Wildman–Crippen LogP) is 5.71. The molecule has 0 saturated heterocycles. The van der Waals surface area contributed by atoms with Gasteiger partial charge in [-0.3, -0.25) is 0 Å². The van der Waals surface area contributed by atoms with Crippen LogP contribution in [-0.2, 0) is 4.74 Å². The number of hydrogen-bond donors (Lipinski definition) is 1. The Morgan fingerprint density at radius 3 is 2.37 bits per heavy atom. The quantitative estimate of drug-likeness (QED) is 0.420. The molecular weight excluding hydrogens is 396 g/mol. The smallest absolute Gasteiger partial charge is 0.350 e. The van der Waals surface area contributed by atoms with Crippen molar-refractivity contribution in [1.29, 1.82) is 0 Å². The number of pyridine rings is 1. The number of thiophene rings is 1. The van der Waals surface area contributed by atoms with E-state index in [0.717, 1.165) is 33.5 Å². The van der Waals surface area contributed by atoms with Gasteiger partial charge in [-0.2, -0.15) is 0 Å². The summed E-state index contributed by atoms with van der Waals surface area (Å²) >= 11 is 1.27. The third-order valence-corrected chi connectivity index (χ3v) is 5.99. The first kappa shape index (κ1) is 19.9. The number of nitrogen functional groups attached to an aromatic ring is 1. The van der Waals surface area contributed by atoms with Crippen LogP contribution in [0.25, 0.3) is 32.6 Å². The number of anilines is 1. The fraction of sp³-hybridized carbons (Fsp3) is 0.167.